The molecule has 0 radical (unpaired) electrons. The lowest BCUT2D eigenvalue weighted by atomic mass is 10.5. The van der Waals surface area contributed by atoms with Gasteiger partial charge in [-0.25, -0.2) is 0 Å². The number of oxazole rings is 1. The molecule has 0 atom stereocenters. The summed E-state index contributed by atoms with van der Waals surface area (Å²) in [5.41, 5.74) is 1.17. The van der Waals surface area contributed by atoms with Crippen LogP contribution in [0.3, 0.4) is 0 Å². The minimum absolute atomic E-state index is 0.155. The maximum absolute atomic E-state index is 8.78. The average molecular weight is 214 g/mol. The van der Waals surface area contributed by atoms with Crippen LogP contribution in [0.4, 0.5) is 0 Å². The van der Waals surface area contributed by atoms with Gasteiger partial charge in [-0.15, -0.1) is 0 Å². The van der Waals surface area contributed by atoms with Gasteiger partial charge in [-0.1, -0.05) is 11.6 Å². The van der Waals surface area contributed by atoms with Crippen LogP contribution in [0.5, 0.6) is 0 Å². The summed E-state index contributed by atoms with van der Waals surface area (Å²) in [5, 5.41) is 13.4. The molecule has 0 unspecified atom stereocenters. The van der Waals surface area contributed by atoms with E-state index in [0.29, 0.717) is 22.4 Å². The highest BCUT2D eigenvalue weighted by Gasteiger charge is 2.08. The number of rotatable bonds is 2. The molecular weight excluding hydrogens is 206 g/mol. The van der Waals surface area contributed by atoms with Crippen molar-refractivity contribution in [2.75, 3.05) is 0 Å². The van der Waals surface area contributed by atoms with E-state index in [1.54, 1.807) is 13.1 Å². The van der Waals surface area contributed by atoms with E-state index in [-0.39, 0.29) is 6.61 Å². The fourth-order valence-corrected chi connectivity index (χ4v) is 1.14. The van der Waals surface area contributed by atoms with E-state index >= 15 is 0 Å². The second kappa shape index (κ2) is 3.43. The molecule has 14 heavy (non-hydrogen) atoms. The minimum Gasteiger partial charge on any atom is -0.430 e. The molecule has 74 valence electrons. The number of aliphatic hydroxyl groups excluding tert-OH is 1. The van der Waals surface area contributed by atoms with Crippen molar-refractivity contribution in [3.05, 3.63) is 28.9 Å². The first-order chi connectivity index (χ1) is 6.70. The van der Waals surface area contributed by atoms with Crippen LogP contribution in [-0.4, -0.2) is 19.9 Å². The Balaban J connectivity index is 2.39. The molecule has 1 N–H and O–H groups in total. The fraction of sp³-hybridized carbons (Fsp3) is 0.250. The fourth-order valence-electron chi connectivity index (χ4n) is 1.01. The Labute approximate surface area is 84.9 Å². The van der Waals surface area contributed by atoms with Crippen molar-refractivity contribution in [1.29, 1.82) is 0 Å². The summed E-state index contributed by atoms with van der Waals surface area (Å²) in [6.45, 7) is 1.63. The lowest BCUT2D eigenvalue weighted by Crippen LogP contribution is -1.95. The number of aliphatic hydroxyl groups is 1. The van der Waals surface area contributed by atoms with Gasteiger partial charge in [-0.2, -0.15) is 14.8 Å². The molecule has 2 heterocycles. The second-order valence-electron chi connectivity index (χ2n) is 2.79. The van der Waals surface area contributed by atoms with Crippen molar-refractivity contribution in [2.24, 2.45) is 0 Å². The quantitative estimate of drug-likeness (QED) is 0.817. The van der Waals surface area contributed by atoms with Crippen LogP contribution >= 0.6 is 11.6 Å². The largest absolute Gasteiger partial charge is 0.430 e. The summed E-state index contributed by atoms with van der Waals surface area (Å²) < 4.78 is 6.51. The number of aryl methyl sites for hydroxylation is 1. The lowest BCUT2D eigenvalue weighted by molar-refractivity contribution is 0.276. The Hall–Kier alpha value is -1.33. The molecule has 0 saturated heterocycles. The Morgan fingerprint density at radius 1 is 1.64 bits per heavy atom. The van der Waals surface area contributed by atoms with Gasteiger partial charge in [-0.3, -0.25) is 0 Å². The highest BCUT2D eigenvalue weighted by molar-refractivity contribution is 6.31. The van der Waals surface area contributed by atoms with Crippen molar-refractivity contribution in [1.82, 2.24) is 14.8 Å². The van der Waals surface area contributed by atoms with Gasteiger partial charge >= 0.3 is 6.01 Å². The van der Waals surface area contributed by atoms with Crippen molar-refractivity contribution >= 4 is 11.6 Å². The van der Waals surface area contributed by atoms with Crippen molar-refractivity contribution in [3.8, 4) is 6.01 Å². The Bertz CT molecular complexity index is 430. The summed E-state index contributed by atoms with van der Waals surface area (Å²) in [5.74, 6) is 0. The number of nitrogens with zero attached hydrogens (tertiary/aromatic N) is 3. The Kier molecular flexibility index (Phi) is 2.26. The third kappa shape index (κ3) is 1.51. The second-order valence-corrected chi connectivity index (χ2v) is 3.19. The smallest absolute Gasteiger partial charge is 0.323 e. The third-order valence-corrected chi connectivity index (χ3v) is 2.11. The zero-order chi connectivity index (χ0) is 10.1. The van der Waals surface area contributed by atoms with Crippen LogP contribution in [0.2, 0.25) is 5.02 Å². The molecule has 6 heteroatoms. The van der Waals surface area contributed by atoms with Gasteiger partial charge in [0.2, 0.25) is 0 Å². The molecule has 2 aromatic heterocycles. The van der Waals surface area contributed by atoms with Crippen LogP contribution in [0.15, 0.2) is 16.9 Å². The van der Waals surface area contributed by atoms with Crippen LogP contribution in [0, 0.1) is 6.92 Å². The molecule has 0 bridgehead atoms. The molecule has 2 rings (SSSR count). The predicted octanol–water partition coefficient (Wildman–Crippen LogP) is 1.31. The molecule has 0 fully saturated rings. The maximum atomic E-state index is 8.78. The van der Waals surface area contributed by atoms with E-state index in [0.717, 1.165) is 0 Å². The topological polar surface area (TPSA) is 64.1 Å². The average Bonchev–Trinajstić information content (AvgIpc) is 2.74. The van der Waals surface area contributed by atoms with Gasteiger partial charge < -0.3 is 9.52 Å². The van der Waals surface area contributed by atoms with Crippen LogP contribution in [0.25, 0.3) is 6.01 Å². The summed E-state index contributed by atoms with van der Waals surface area (Å²) in [4.78, 5) is 3.98. The van der Waals surface area contributed by atoms with E-state index in [1.807, 2.05) is 0 Å². The molecule has 5 nitrogen and oxygen atoms in total. The minimum atomic E-state index is -0.155. The molecule has 0 aliphatic heterocycles. The molecule has 0 aromatic carbocycles. The Morgan fingerprint density at radius 2 is 2.43 bits per heavy atom. The monoisotopic (exact) mass is 213 g/mol. The van der Waals surface area contributed by atoms with Crippen molar-refractivity contribution < 1.29 is 9.52 Å². The van der Waals surface area contributed by atoms with Gasteiger partial charge in [0, 0.05) is 0 Å². The number of hydrogen-bond donors (Lipinski definition) is 1. The Morgan fingerprint density at radius 3 is 2.93 bits per heavy atom. The summed E-state index contributed by atoms with van der Waals surface area (Å²) in [7, 11) is 0. The van der Waals surface area contributed by atoms with E-state index in [9.17, 15) is 0 Å². The molecule has 0 amide bonds. The first-order valence-electron chi connectivity index (χ1n) is 3.98. The first kappa shape index (κ1) is 9.23. The summed E-state index contributed by atoms with van der Waals surface area (Å²) in [6.07, 6.45) is 2.98. The van der Waals surface area contributed by atoms with Gasteiger partial charge in [-0.05, 0) is 6.92 Å². The van der Waals surface area contributed by atoms with E-state index < -0.39 is 0 Å². The maximum Gasteiger partial charge on any atom is 0.323 e. The van der Waals surface area contributed by atoms with Crippen LogP contribution in [0.1, 0.15) is 11.4 Å². The summed E-state index contributed by atoms with van der Waals surface area (Å²) in [6, 6.07) is 0.295. The van der Waals surface area contributed by atoms with Crippen LogP contribution in [-0.2, 0) is 6.61 Å². The number of aromatic nitrogens is 3. The number of halogens is 1. The van der Waals surface area contributed by atoms with Gasteiger partial charge in [0.25, 0.3) is 0 Å². The molecule has 2 aromatic rings. The van der Waals surface area contributed by atoms with Crippen molar-refractivity contribution in [2.45, 2.75) is 13.5 Å². The third-order valence-electron chi connectivity index (χ3n) is 1.74. The zero-order valence-electron chi connectivity index (χ0n) is 7.44. The zero-order valence-corrected chi connectivity index (χ0v) is 8.19. The van der Waals surface area contributed by atoms with E-state index in [2.05, 4.69) is 10.1 Å². The van der Waals surface area contributed by atoms with E-state index in [1.165, 1.54) is 10.9 Å². The molecular formula is C8H8ClN3O2. The number of hydrogen-bond acceptors (Lipinski definition) is 4. The van der Waals surface area contributed by atoms with Gasteiger partial charge in [0.05, 0.1) is 23.5 Å². The van der Waals surface area contributed by atoms with Gasteiger partial charge in [0.15, 0.2) is 0 Å². The van der Waals surface area contributed by atoms with E-state index in [4.69, 9.17) is 21.1 Å². The van der Waals surface area contributed by atoms with Crippen LogP contribution < -0.4 is 0 Å². The SMILES string of the molecule is Cc1nn(-c2nc(CO)co2)cc1Cl. The first-order valence-corrected chi connectivity index (χ1v) is 4.36. The van der Waals surface area contributed by atoms with Crippen molar-refractivity contribution in [3.63, 3.8) is 0 Å². The molecule has 0 aliphatic rings. The molecule has 0 spiro atoms. The normalized spacial score (nSPS) is 10.8. The van der Waals surface area contributed by atoms with Gasteiger partial charge in [0.1, 0.15) is 12.0 Å². The molecule has 0 aliphatic carbocycles. The lowest BCUT2D eigenvalue weighted by Gasteiger charge is -1.90. The predicted molar refractivity (Wildman–Crippen MR) is 49.3 cm³/mol. The highest BCUT2D eigenvalue weighted by atomic mass is 35.5. The molecule has 0 saturated carbocycles. The highest BCUT2D eigenvalue weighted by Crippen LogP contribution is 2.15. The summed E-state index contributed by atoms with van der Waals surface area (Å²) >= 11 is 5.82. The standard InChI is InChI=1S/C8H8ClN3O2/c1-5-7(9)2-12(11-5)8-10-6(3-13)4-14-8/h2,4,13H,3H2,1H3.